The molecule has 100 valence electrons. The molecule has 0 N–H and O–H groups in total. The van der Waals surface area contributed by atoms with Gasteiger partial charge in [-0.3, -0.25) is 9.59 Å². The minimum Gasteiger partial charge on any atom is -0.268 e. The molecule has 2 aromatic carbocycles. The van der Waals surface area contributed by atoms with Crippen LogP contribution in [0, 0.1) is 11.6 Å². The average Bonchev–Trinajstić information content (AvgIpc) is 2.68. The molecule has 0 aliphatic carbocycles. The summed E-state index contributed by atoms with van der Waals surface area (Å²) >= 11 is 5.38. The van der Waals surface area contributed by atoms with Crippen LogP contribution in [0.3, 0.4) is 0 Å². The molecule has 3 rings (SSSR count). The fourth-order valence-corrected chi connectivity index (χ4v) is 2.20. The highest BCUT2D eigenvalue weighted by molar-refractivity contribution is 6.35. The second-order valence-electron chi connectivity index (χ2n) is 4.21. The first-order valence-electron chi connectivity index (χ1n) is 5.63. The van der Waals surface area contributed by atoms with E-state index in [4.69, 9.17) is 11.6 Å². The Balaban J connectivity index is 2.14. The smallest absolute Gasteiger partial charge is 0.266 e. The van der Waals surface area contributed by atoms with E-state index in [1.165, 1.54) is 12.1 Å². The summed E-state index contributed by atoms with van der Waals surface area (Å²) in [5.41, 5.74) is 0.220. The number of hydrogen-bond donors (Lipinski definition) is 0. The third kappa shape index (κ3) is 1.71. The lowest BCUT2D eigenvalue weighted by Gasteiger charge is -2.14. The Labute approximate surface area is 117 Å². The van der Waals surface area contributed by atoms with E-state index in [1.807, 2.05) is 0 Å². The molecule has 2 aromatic rings. The lowest BCUT2D eigenvalue weighted by atomic mass is 10.1. The van der Waals surface area contributed by atoms with E-state index < -0.39 is 28.5 Å². The summed E-state index contributed by atoms with van der Waals surface area (Å²) in [6.45, 7) is 0. The highest BCUT2D eigenvalue weighted by Crippen LogP contribution is 2.31. The van der Waals surface area contributed by atoms with Crippen LogP contribution in [-0.4, -0.2) is 11.8 Å². The highest BCUT2D eigenvalue weighted by Gasteiger charge is 2.36. The molecular formula is C14H6ClF2NO2. The third-order valence-corrected chi connectivity index (χ3v) is 3.38. The van der Waals surface area contributed by atoms with Crippen LogP contribution in [0.4, 0.5) is 14.5 Å². The van der Waals surface area contributed by atoms with Gasteiger partial charge in [0.1, 0.15) is 16.7 Å². The number of carbonyl (C=O) groups is 2. The first-order chi connectivity index (χ1) is 9.50. The molecule has 0 unspecified atom stereocenters. The number of anilines is 1. The molecule has 20 heavy (non-hydrogen) atoms. The van der Waals surface area contributed by atoms with Gasteiger partial charge in [-0.1, -0.05) is 23.7 Å². The van der Waals surface area contributed by atoms with E-state index in [1.54, 1.807) is 12.1 Å². The molecule has 1 aliphatic rings. The lowest BCUT2D eigenvalue weighted by Crippen LogP contribution is -2.29. The molecule has 1 heterocycles. The van der Waals surface area contributed by atoms with Crippen molar-refractivity contribution in [3.63, 3.8) is 0 Å². The molecule has 0 fully saturated rings. The largest absolute Gasteiger partial charge is 0.268 e. The van der Waals surface area contributed by atoms with E-state index in [0.717, 1.165) is 17.0 Å². The first kappa shape index (κ1) is 12.7. The van der Waals surface area contributed by atoms with Gasteiger partial charge in [-0.15, -0.1) is 0 Å². The number of halogens is 3. The molecule has 0 saturated heterocycles. The van der Waals surface area contributed by atoms with Crippen molar-refractivity contribution in [2.24, 2.45) is 0 Å². The van der Waals surface area contributed by atoms with Gasteiger partial charge in [0.15, 0.2) is 0 Å². The fraction of sp³-hybridized carbons (Fsp3) is 0. The van der Waals surface area contributed by atoms with E-state index in [-0.39, 0.29) is 16.8 Å². The number of amides is 2. The van der Waals surface area contributed by atoms with Crippen molar-refractivity contribution in [1.82, 2.24) is 0 Å². The maximum Gasteiger partial charge on any atom is 0.266 e. The van der Waals surface area contributed by atoms with E-state index in [2.05, 4.69) is 0 Å². The SMILES string of the molecule is O=C1c2ccccc2C(=O)N1c1cc(F)c(Cl)c(F)c1. The molecule has 0 atom stereocenters. The van der Waals surface area contributed by atoms with Gasteiger partial charge in [0.05, 0.1) is 16.8 Å². The number of rotatable bonds is 1. The summed E-state index contributed by atoms with van der Waals surface area (Å²) < 4.78 is 26.9. The monoisotopic (exact) mass is 293 g/mol. The van der Waals surface area contributed by atoms with E-state index in [0.29, 0.717) is 0 Å². The van der Waals surface area contributed by atoms with Crippen LogP contribution >= 0.6 is 11.6 Å². The van der Waals surface area contributed by atoms with Gasteiger partial charge in [-0.25, -0.2) is 13.7 Å². The van der Waals surface area contributed by atoms with Crippen LogP contribution in [0.25, 0.3) is 0 Å². The standard InChI is InChI=1S/C14H6ClF2NO2/c15-12-10(16)5-7(6-11(12)17)18-13(19)8-3-1-2-4-9(8)14(18)20/h1-6H. The number of benzene rings is 2. The van der Waals surface area contributed by atoms with Crippen molar-refractivity contribution in [1.29, 1.82) is 0 Å². The predicted molar refractivity (Wildman–Crippen MR) is 69.0 cm³/mol. The van der Waals surface area contributed by atoms with Crippen LogP contribution in [0.2, 0.25) is 5.02 Å². The zero-order chi connectivity index (χ0) is 14.4. The summed E-state index contributed by atoms with van der Waals surface area (Å²) in [7, 11) is 0. The second-order valence-corrected chi connectivity index (χ2v) is 4.59. The maximum absolute atomic E-state index is 13.5. The molecule has 0 bridgehead atoms. The molecule has 0 saturated carbocycles. The van der Waals surface area contributed by atoms with Crippen molar-refractivity contribution < 1.29 is 18.4 Å². The fourth-order valence-electron chi connectivity index (χ4n) is 2.09. The Morgan fingerprint density at radius 3 is 1.80 bits per heavy atom. The molecule has 0 spiro atoms. The molecule has 0 aromatic heterocycles. The summed E-state index contributed by atoms with van der Waals surface area (Å²) in [5.74, 6) is -3.30. The van der Waals surface area contributed by atoms with Crippen LogP contribution in [0.1, 0.15) is 20.7 Å². The zero-order valence-electron chi connectivity index (χ0n) is 9.86. The minimum absolute atomic E-state index is 0.185. The minimum atomic E-state index is -1.03. The Kier molecular flexibility index (Phi) is 2.79. The normalized spacial score (nSPS) is 13.8. The van der Waals surface area contributed by atoms with Gasteiger partial charge >= 0.3 is 0 Å². The summed E-state index contributed by atoms with van der Waals surface area (Å²) in [4.78, 5) is 25.0. The Morgan fingerprint density at radius 2 is 1.35 bits per heavy atom. The van der Waals surface area contributed by atoms with Crippen LogP contribution < -0.4 is 4.90 Å². The Hall–Kier alpha value is -2.27. The van der Waals surface area contributed by atoms with Crippen LogP contribution in [-0.2, 0) is 0 Å². The van der Waals surface area contributed by atoms with Gasteiger partial charge in [-0.2, -0.15) is 0 Å². The highest BCUT2D eigenvalue weighted by atomic mass is 35.5. The van der Waals surface area contributed by atoms with Crippen LogP contribution in [0.5, 0.6) is 0 Å². The van der Waals surface area contributed by atoms with E-state index in [9.17, 15) is 18.4 Å². The van der Waals surface area contributed by atoms with Gasteiger partial charge in [-0.05, 0) is 24.3 Å². The van der Waals surface area contributed by atoms with Crippen molar-refractivity contribution in [2.45, 2.75) is 0 Å². The van der Waals surface area contributed by atoms with Crippen molar-refractivity contribution in [3.05, 3.63) is 64.2 Å². The summed E-state index contributed by atoms with van der Waals surface area (Å²) in [6.07, 6.45) is 0. The molecule has 2 amide bonds. The van der Waals surface area contributed by atoms with Crippen molar-refractivity contribution >= 4 is 29.1 Å². The number of fused-ring (bicyclic) bond motifs is 1. The number of hydrogen-bond acceptors (Lipinski definition) is 2. The van der Waals surface area contributed by atoms with Crippen molar-refractivity contribution in [3.8, 4) is 0 Å². The van der Waals surface area contributed by atoms with Crippen molar-refractivity contribution in [2.75, 3.05) is 4.90 Å². The molecule has 6 heteroatoms. The van der Waals surface area contributed by atoms with E-state index >= 15 is 0 Å². The molecule has 1 aliphatic heterocycles. The topological polar surface area (TPSA) is 37.4 Å². The lowest BCUT2D eigenvalue weighted by molar-refractivity contribution is 0.0926. The number of imide groups is 1. The average molecular weight is 294 g/mol. The maximum atomic E-state index is 13.5. The molecular weight excluding hydrogens is 288 g/mol. The van der Waals surface area contributed by atoms with Gasteiger partial charge in [0, 0.05) is 0 Å². The van der Waals surface area contributed by atoms with Gasteiger partial charge in [0.2, 0.25) is 0 Å². The number of carbonyl (C=O) groups excluding carboxylic acids is 2. The quantitative estimate of drug-likeness (QED) is 0.597. The predicted octanol–water partition coefficient (Wildman–Crippen LogP) is 3.42. The third-order valence-electron chi connectivity index (χ3n) is 3.02. The Bertz CT molecular complexity index is 703. The summed E-state index contributed by atoms with van der Waals surface area (Å²) in [5, 5.41) is -0.676. The molecule has 3 nitrogen and oxygen atoms in total. The summed E-state index contributed by atoms with van der Waals surface area (Å²) in [6, 6.07) is 7.89. The zero-order valence-corrected chi connectivity index (χ0v) is 10.6. The first-order valence-corrected chi connectivity index (χ1v) is 6.01. The van der Waals surface area contributed by atoms with Gasteiger partial charge < -0.3 is 0 Å². The second kappa shape index (κ2) is 4.38. The Morgan fingerprint density at radius 1 is 0.900 bits per heavy atom. The molecule has 0 radical (unpaired) electrons. The van der Waals surface area contributed by atoms with Gasteiger partial charge in [0.25, 0.3) is 11.8 Å². The van der Waals surface area contributed by atoms with Crippen LogP contribution in [0.15, 0.2) is 36.4 Å². The number of nitrogens with zero attached hydrogens (tertiary/aromatic N) is 1.